The van der Waals surface area contributed by atoms with Crippen molar-refractivity contribution in [3.05, 3.63) is 52.5 Å². The SMILES string of the molecule is COc1ccc(OCCNC(=O)Nc2ccc(C)c(Br)c2)cc1. The normalized spacial score (nSPS) is 10.0. The predicted molar refractivity (Wildman–Crippen MR) is 94.4 cm³/mol. The lowest BCUT2D eigenvalue weighted by Gasteiger charge is -2.10. The third kappa shape index (κ3) is 5.49. The number of hydrogen-bond donors (Lipinski definition) is 2. The van der Waals surface area contributed by atoms with Crippen LogP contribution in [0.4, 0.5) is 10.5 Å². The van der Waals surface area contributed by atoms with Gasteiger partial charge in [0.25, 0.3) is 0 Å². The lowest BCUT2D eigenvalue weighted by atomic mass is 10.2. The van der Waals surface area contributed by atoms with Crippen LogP contribution in [0.3, 0.4) is 0 Å². The molecule has 0 fully saturated rings. The Labute approximate surface area is 144 Å². The van der Waals surface area contributed by atoms with Crippen molar-refractivity contribution in [3.63, 3.8) is 0 Å². The van der Waals surface area contributed by atoms with Crippen molar-refractivity contribution in [2.24, 2.45) is 0 Å². The molecule has 0 atom stereocenters. The molecule has 2 N–H and O–H groups in total. The Balaban J connectivity index is 1.70. The van der Waals surface area contributed by atoms with E-state index in [9.17, 15) is 4.79 Å². The molecule has 0 saturated carbocycles. The molecular formula is C17H19BrN2O3. The van der Waals surface area contributed by atoms with Crippen LogP contribution in [-0.2, 0) is 0 Å². The van der Waals surface area contributed by atoms with Crippen molar-refractivity contribution in [2.75, 3.05) is 25.6 Å². The van der Waals surface area contributed by atoms with E-state index in [0.717, 1.165) is 27.2 Å². The molecule has 122 valence electrons. The second-order valence-electron chi connectivity index (χ2n) is 4.87. The molecule has 5 nitrogen and oxygen atoms in total. The number of aryl methyl sites for hydroxylation is 1. The third-order valence-corrected chi connectivity index (χ3v) is 4.00. The number of ether oxygens (including phenoxy) is 2. The second kappa shape index (κ2) is 8.43. The molecule has 0 bridgehead atoms. The Morgan fingerprint density at radius 1 is 1.13 bits per heavy atom. The Morgan fingerprint density at radius 2 is 1.83 bits per heavy atom. The maximum Gasteiger partial charge on any atom is 0.319 e. The van der Waals surface area contributed by atoms with E-state index in [1.165, 1.54) is 0 Å². The third-order valence-electron chi connectivity index (χ3n) is 3.15. The van der Waals surface area contributed by atoms with Gasteiger partial charge in [0.05, 0.1) is 13.7 Å². The van der Waals surface area contributed by atoms with Crippen LogP contribution < -0.4 is 20.1 Å². The molecule has 0 unspecified atom stereocenters. The molecule has 0 aliphatic heterocycles. The van der Waals surface area contributed by atoms with E-state index in [0.29, 0.717) is 13.2 Å². The minimum Gasteiger partial charge on any atom is -0.497 e. The van der Waals surface area contributed by atoms with Gasteiger partial charge in [0.15, 0.2) is 0 Å². The molecule has 2 amide bonds. The molecule has 0 radical (unpaired) electrons. The lowest BCUT2D eigenvalue weighted by Crippen LogP contribution is -2.32. The molecule has 23 heavy (non-hydrogen) atoms. The second-order valence-corrected chi connectivity index (χ2v) is 5.72. The van der Waals surface area contributed by atoms with Crippen LogP contribution in [0.25, 0.3) is 0 Å². The van der Waals surface area contributed by atoms with Gasteiger partial charge in [-0.2, -0.15) is 0 Å². The average Bonchev–Trinajstić information content (AvgIpc) is 2.55. The minimum atomic E-state index is -0.265. The van der Waals surface area contributed by atoms with Crippen LogP contribution in [0, 0.1) is 6.92 Å². The molecule has 2 rings (SSSR count). The van der Waals surface area contributed by atoms with Crippen LogP contribution in [0.15, 0.2) is 46.9 Å². The van der Waals surface area contributed by atoms with E-state index in [1.54, 1.807) is 7.11 Å². The monoisotopic (exact) mass is 378 g/mol. The number of amides is 2. The maximum atomic E-state index is 11.8. The van der Waals surface area contributed by atoms with Gasteiger partial charge in [-0.1, -0.05) is 22.0 Å². The number of methoxy groups -OCH3 is 1. The van der Waals surface area contributed by atoms with Gasteiger partial charge in [-0.3, -0.25) is 0 Å². The summed E-state index contributed by atoms with van der Waals surface area (Å²) in [5.41, 5.74) is 1.85. The van der Waals surface area contributed by atoms with E-state index in [2.05, 4.69) is 26.6 Å². The smallest absolute Gasteiger partial charge is 0.319 e. The highest BCUT2D eigenvalue weighted by Gasteiger charge is 2.03. The Bertz CT molecular complexity index is 659. The molecule has 0 spiro atoms. The first-order valence-electron chi connectivity index (χ1n) is 7.16. The summed E-state index contributed by atoms with van der Waals surface area (Å²) in [6.07, 6.45) is 0. The van der Waals surface area contributed by atoms with Crippen molar-refractivity contribution in [1.82, 2.24) is 5.32 Å². The van der Waals surface area contributed by atoms with E-state index < -0.39 is 0 Å². The molecule has 0 saturated heterocycles. The van der Waals surface area contributed by atoms with Gasteiger partial charge in [0.2, 0.25) is 0 Å². The first-order chi connectivity index (χ1) is 11.1. The van der Waals surface area contributed by atoms with Crippen LogP contribution >= 0.6 is 15.9 Å². The maximum absolute atomic E-state index is 11.8. The summed E-state index contributed by atoms with van der Waals surface area (Å²) in [6, 6.07) is 12.7. The number of nitrogens with one attached hydrogen (secondary N) is 2. The Hall–Kier alpha value is -2.21. The van der Waals surface area contributed by atoms with Gasteiger partial charge >= 0.3 is 6.03 Å². The number of rotatable bonds is 6. The van der Waals surface area contributed by atoms with E-state index in [4.69, 9.17) is 9.47 Å². The Morgan fingerprint density at radius 3 is 2.48 bits per heavy atom. The zero-order chi connectivity index (χ0) is 16.7. The molecule has 6 heteroatoms. The van der Waals surface area contributed by atoms with Gasteiger partial charge in [-0.25, -0.2) is 4.79 Å². The fourth-order valence-corrected chi connectivity index (χ4v) is 2.23. The summed E-state index contributed by atoms with van der Waals surface area (Å²) in [6.45, 7) is 2.78. The summed E-state index contributed by atoms with van der Waals surface area (Å²) >= 11 is 3.44. The largest absolute Gasteiger partial charge is 0.497 e. The number of hydrogen-bond acceptors (Lipinski definition) is 3. The number of benzene rings is 2. The fourth-order valence-electron chi connectivity index (χ4n) is 1.85. The standard InChI is InChI=1S/C17H19BrN2O3/c1-12-3-4-13(11-16(12)18)20-17(21)19-9-10-23-15-7-5-14(22-2)6-8-15/h3-8,11H,9-10H2,1-2H3,(H2,19,20,21). The number of carbonyl (C=O) groups excluding carboxylic acids is 1. The van der Waals surface area contributed by atoms with Crippen LogP contribution in [0.5, 0.6) is 11.5 Å². The zero-order valence-corrected chi connectivity index (χ0v) is 14.6. The number of anilines is 1. The van der Waals surface area contributed by atoms with E-state index in [1.807, 2.05) is 49.4 Å². The molecule has 2 aromatic rings. The summed E-state index contributed by atoms with van der Waals surface area (Å²) in [7, 11) is 1.62. The summed E-state index contributed by atoms with van der Waals surface area (Å²) in [5, 5.41) is 5.51. The first-order valence-corrected chi connectivity index (χ1v) is 7.95. The van der Waals surface area contributed by atoms with E-state index >= 15 is 0 Å². The van der Waals surface area contributed by atoms with Gasteiger partial charge in [-0.15, -0.1) is 0 Å². The quantitative estimate of drug-likeness (QED) is 0.747. The molecular weight excluding hydrogens is 360 g/mol. The van der Waals surface area contributed by atoms with Crippen LogP contribution in [0.2, 0.25) is 0 Å². The zero-order valence-electron chi connectivity index (χ0n) is 13.1. The summed E-state index contributed by atoms with van der Waals surface area (Å²) < 4.78 is 11.6. The topological polar surface area (TPSA) is 59.6 Å². The molecule has 0 aliphatic rings. The fraction of sp³-hybridized carbons (Fsp3) is 0.235. The summed E-state index contributed by atoms with van der Waals surface area (Å²) in [4.78, 5) is 11.8. The predicted octanol–water partition coefficient (Wildman–Crippen LogP) is 3.97. The van der Waals surface area contributed by atoms with Crippen molar-refractivity contribution >= 4 is 27.6 Å². The molecule has 0 aliphatic carbocycles. The van der Waals surface area contributed by atoms with Crippen LogP contribution in [0.1, 0.15) is 5.56 Å². The summed E-state index contributed by atoms with van der Waals surface area (Å²) in [5.74, 6) is 1.51. The minimum absolute atomic E-state index is 0.265. The molecule has 0 aromatic heterocycles. The van der Waals surface area contributed by atoms with Crippen LogP contribution in [-0.4, -0.2) is 26.3 Å². The van der Waals surface area contributed by atoms with Gasteiger partial charge in [0.1, 0.15) is 18.1 Å². The van der Waals surface area contributed by atoms with Crippen molar-refractivity contribution in [2.45, 2.75) is 6.92 Å². The number of carbonyl (C=O) groups is 1. The van der Waals surface area contributed by atoms with Crippen molar-refractivity contribution in [1.29, 1.82) is 0 Å². The number of halogens is 1. The van der Waals surface area contributed by atoms with Crippen molar-refractivity contribution in [3.8, 4) is 11.5 Å². The van der Waals surface area contributed by atoms with E-state index in [-0.39, 0.29) is 6.03 Å². The first kappa shape index (κ1) is 17.1. The highest BCUT2D eigenvalue weighted by molar-refractivity contribution is 9.10. The average molecular weight is 379 g/mol. The Kier molecular flexibility index (Phi) is 6.29. The van der Waals surface area contributed by atoms with Crippen molar-refractivity contribution < 1.29 is 14.3 Å². The van der Waals surface area contributed by atoms with Gasteiger partial charge in [-0.05, 0) is 48.9 Å². The molecule has 0 heterocycles. The highest BCUT2D eigenvalue weighted by Crippen LogP contribution is 2.20. The van der Waals surface area contributed by atoms with Gasteiger partial charge < -0.3 is 20.1 Å². The molecule has 2 aromatic carbocycles. The lowest BCUT2D eigenvalue weighted by molar-refractivity contribution is 0.247. The highest BCUT2D eigenvalue weighted by atomic mass is 79.9. The van der Waals surface area contributed by atoms with Gasteiger partial charge in [0, 0.05) is 10.2 Å². The number of urea groups is 1.